The highest BCUT2D eigenvalue weighted by Gasteiger charge is 2.27. The van der Waals surface area contributed by atoms with Gasteiger partial charge in [-0.2, -0.15) is 0 Å². The first-order valence-electron chi connectivity index (χ1n) is 8.00. The molecule has 1 aromatic rings. The molecule has 1 aliphatic rings. The van der Waals surface area contributed by atoms with Gasteiger partial charge in [0.1, 0.15) is 0 Å². The van der Waals surface area contributed by atoms with Gasteiger partial charge in [0.05, 0.1) is 5.60 Å². The van der Waals surface area contributed by atoms with E-state index in [9.17, 15) is 5.11 Å². The standard InChI is InChI=1S/C18H29NO/c1-14-10-16(3)17(11-15(14)2)12-19-13-18(20)8-6-4-5-7-9-18/h10-11,19-20H,4-9,12-13H2,1-3H3. The Morgan fingerprint density at radius 2 is 1.55 bits per heavy atom. The summed E-state index contributed by atoms with van der Waals surface area (Å²) in [5, 5.41) is 14.1. The highest BCUT2D eigenvalue weighted by Crippen LogP contribution is 2.26. The molecule has 0 saturated heterocycles. The minimum Gasteiger partial charge on any atom is -0.389 e. The highest BCUT2D eigenvalue weighted by atomic mass is 16.3. The minimum atomic E-state index is -0.482. The van der Waals surface area contributed by atoms with E-state index in [1.54, 1.807) is 0 Å². The van der Waals surface area contributed by atoms with Crippen molar-refractivity contribution < 1.29 is 5.11 Å². The molecule has 0 bridgehead atoms. The van der Waals surface area contributed by atoms with Crippen LogP contribution in [-0.2, 0) is 6.54 Å². The molecule has 112 valence electrons. The van der Waals surface area contributed by atoms with Gasteiger partial charge in [0.25, 0.3) is 0 Å². The van der Waals surface area contributed by atoms with Gasteiger partial charge >= 0.3 is 0 Å². The summed E-state index contributed by atoms with van der Waals surface area (Å²) >= 11 is 0. The van der Waals surface area contributed by atoms with Crippen LogP contribution in [0.2, 0.25) is 0 Å². The first-order chi connectivity index (χ1) is 9.50. The summed E-state index contributed by atoms with van der Waals surface area (Å²) in [5.74, 6) is 0. The second kappa shape index (κ2) is 6.73. The summed E-state index contributed by atoms with van der Waals surface area (Å²) in [7, 11) is 0. The van der Waals surface area contributed by atoms with Crippen molar-refractivity contribution >= 4 is 0 Å². The van der Waals surface area contributed by atoms with Crippen molar-refractivity contribution in [2.75, 3.05) is 6.54 Å². The van der Waals surface area contributed by atoms with Crippen molar-refractivity contribution in [1.82, 2.24) is 5.32 Å². The Morgan fingerprint density at radius 1 is 0.950 bits per heavy atom. The van der Waals surface area contributed by atoms with Crippen LogP contribution in [0.25, 0.3) is 0 Å². The van der Waals surface area contributed by atoms with Crippen molar-refractivity contribution in [1.29, 1.82) is 0 Å². The maximum Gasteiger partial charge on any atom is 0.0771 e. The summed E-state index contributed by atoms with van der Waals surface area (Å²) in [5.41, 5.74) is 4.91. The normalized spacial score (nSPS) is 18.8. The third kappa shape index (κ3) is 4.07. The second-order valence-corrected chi connectivity index (χ2v) is 6.61. The summed E-state index contributed by atoms with van der Waals surface area (Å²) in [6.07, 6.45) is 6.79. The van der Waals surface area contributed by atoms with Crippen molar-refractivity contribution in [3.05, 3.63) is 34.4 Å². The fourth-order valence-corrected chi connectivity index (χ4v) is 3.20. The summed E-state index contributed by atoms with van der Waals surface area (Å²) in [6, 6.07) is 4.53. The average molecular weight is 275 g/mol. The van der Waals surface area contributed by atoms with Crippen molar-refractivity contribution in [2.24, 2.45) is 0 Å². The Kier molecular flexibility index (Phi) is 5.22. The smallest absolute Gasteiger partial charge is 0.0771 e. The Morgan fingerprint density at radius 3 is 2.20 bits per heavy atom. The number of aryl methyl sites for hydroxylation is 3. The van der Waals surface area contributed by atoms with Gasteiger partial charge in [-0.1, -0.05) is 37.8 Å². The van der Waals surface area contributed by atoms with Gasteiger partial charge in [0.15, 0.2) is 0 Å². The van der Waals surface area contributed by atoms with E-state index < -0.39 is 5.60 Å². The Bertz CT molecular complexity index is 445. The predicted octanol–water partition coefficient (Wildman–Crippen LogP) is 3.79. The lowest BCUT2D eigenvalue weighted by atomic mass is 9.94. The van der Waals surface area contributed by atoms with E-state index in [-0.39, 0.29) is 0 Å². The van der Waals surface area contributed by atoms with Crippen LogP contribution in [0, 0.1) is 20.8 Å². The summed E-state index contributed by atoms with van der Waals surface area (Å²) in [4.78, 5) is 0. The molecule has 0 atom stereocenters. The van der Waals surface area contributed by atoms with Crippen molar-refractivity contribution in [2.45, 2.75) is 71.4 Å². The molecule has 2 nitrogen and oxygen atoms in total. The van der Waals surface area contributed by atoms with E-state index >= 15 is 0 Å². The van der Waals surface area contributed by atoms with E-state index in [4.69, 9.17) is 0 Å². The van der Waals surface area contributed by atoms with Crippen molar-refractivity contribution in [3.63, 3.8) is 0 Å². The molecule has 0 amide bonds. The molecule has 1 fully saturated rings. The number of rotatable bonds is 4. The molecule has 1 saturated carbocycles. The van der Waals surface area contributed by atoms with E-state index in [0.717, 1.165) is 25.9 Å². The molecular formula is C18H29NO. The lowest BCUT2D eigenvalue weighted by Crippen LogP contribution is -2.40. The largest absolute Gasteiger partial charge is 0.389 e. The molecule has 1 aromatic carbocycles. The molecule has 0 radical (unpaired) electrons. The molecule has 0 heterocycles. The molecule has 2 rings (SSSR count). The number of benzene rings is 1. The lowest BCUT2D eigenvalue weighted by Gasteiger charge is -2.27. The zero-order chi connectivity index (χ0) is 14.6. The number of hydrogen-bond donors (Lipinski definition) is 2. The summed E-state index contributed by atoms with van der Waals surface area (Å²) in [6.45, 7) is 8.07. The molecule has 20 heavy (non-hydrogen) atoms. The third-order valence-corrected chi connectivity index (χ3v) is 4.76. The first-order valence-corrected chi connectivity index (χ1v) is 8.00. The van der Waals surface area contributed by atoms with E-state index in [1.807, 2.05) is 0 Å². The van der Waals surface area contributed by atoms with Crippen LogP contribution in [0.1, 0.15) is 60.8 Å². The fourth-order valence-electron chi connectivity index (χ4n) is 3.20. The van der Waals surface area contributed by atoms with Gasteiger partial charge in [-0.15, -0.1) is 0 Å². The molecule has 0 unspecified atom stereocenters. The lowest BCUT2D eigenvalue weighted by molar-refractivity contribution is 0.0250. The van der Waals surface area contributed by atoms with Crippen LogP contribution in [0.4, 0.5) is 0 Å². The molecule has 0 aliphatic heterocycles. The van der Waals surface area contributed by atoms with Gasteiger partial charge in [-0.3, -0.25) is 0 Å². The van der Waals surface area contributed by atoms with Crippen molar-refractivity contribution in [3.8, 4) is 0 Å². The van der Waals surface area contributed by atoms with Crippen LogP contribution in [0.15, 0.2) is 12.1 Å². The highest BCUT2D eigenvalue weighted by molar-refractivity contribution is 5.36. The van der Waals surface area contributed by atoms with Gasteiger partial charge in [-0.05, 0) is 55.9 Å². The number of nitrogens with one attached hydrogen (secondary N) is 1. The zero-order valence-electron chi connectivity index (χ0n) is 13.3. The molecular weight excluding hydrogens is 246 g/mol. The van der Waals surface area contributed by atoms with Gasteiger partial charge in [0.2, 0.25) is 0 Å². The van der Waals surface area contributed by atoms with E-state index in [1.165, 1.54) is 47.9 Å². The third-order valence-electron chi connectivity index (χ3n) is 4.76. The van der Waals surface area contributed by atoms with Gasteiger partial charge < -0.3 is 10.4 Å². The second-order valence-electron chi connectivity index (χ2n) is 6.61. The Balaban J connectivity index is 1.90. The molecule has 1 aliphatic carbocycles. The molecule has 0 spiro atoms. The van der Waals surface area contributed by atoms with Gasteiger partial charge in [-0.25, -0.2) is 0 Å². The van der Waals surface area contributed by atoms with Crippen LogP contribution in [0.3, 0.4) is 0 Å². The fraction of sp³-hybridized carbons (Fsp3) is 0.667. The Hall–Kier alpha value is -0.860. The molecule has 2 N–H and O–H groups in total. The number of hydrogen-bond acceptors (Lipinski definition) is 2. The maximum absolute atomic E-state index is 10.6. The van der Waals surface area contributed by atoms with Crippen LogP contribution in [0.5, 0.6) is 0 Å². The molecule has 2 heteroatoms. The van der Waals surface area contributed by atoms with Crippen LogP contribution < -0.4 is 5.32 Å². The predicted molar refractivity (Wildman–Crippen MR) is 85.0 cm³/mol. The molecule has 0 aromatic heterocycles. The summed E-state index contributed by atoms with van der Waals surface area (Å²) < 4.78 is 0. The topological polar surface area (TPSA) is 32.3 Å². The quantitative estimate of drug-likeness (QED) is 0.820. The zero-order valence-corrected chi connectivity index (χ0v) is 13.3. The first kappa shape index (κ1) is 15.5. The van der Waals surface area contributed by atoms with E-state index in [2.05, 4.69) is 38.2 Å². The number of aliphatic hydroxyl groups is 1. The SMILES string of the molecule is Cc1cc(C)c(CNCC2(O)CCCCCC2)cc1C. The van der Waals surface area contributed by atoms with Crippen LogP contribution >= 0.6 is 0 Å². The van der Waals surface area contributed by atoms with Gasteiger partial charge in [0, 0.05) is 13.1 Å². The maximum atomic E-state index is 10.6. The monoisotopic (exact) mass is 275 g/mol. The van der Waals surface area contributed by atoms with Crippen LogP contribution in [-0.4, -0.2) is 17.3 Å². The van der Waals surface area contributed by atoms with E-state index in [0.29, 0.717) is 0 Å². The minimum absolute atomic E-state index is 0.482. The average Bonchev–Trinajstić information content (AvgIpc) is 2.61. The Labute approximate surface area is 123 Å².